The van der Waals surface area contributed by atoms with Crippen molar-refractivity contribution in [2.24, 2.45) is 0 Å². The number of halogens is 1. The van der Waals surface area contributed by atoms with Gasteiger partial charge in [-0.2, -0.15) is 0 Å². The molecule has 5 rings (SSSR count). The summed E-state index contributed by atoms with van der Waals surface area (Å²) < 4.78 is 19.1. The Kier molecular flexibility index (Phi) is 6.72. The quantitative estimate of drug-likeness (QED) is 0.178. The molecule has 0 radical (unpaired) electrons. The van der Waals surface area contributed by atoms with Gasteiger partial charge in [-0.05, 0) is 63.7 Å². The number of amides is 1. The van der Waals surface area contributed by atoms with Crippen molar-refractivity contribution in [2.45, 2.75) is 32.4 Å². The van der Waals surface area contributed by atoms with Crippen LogP contribution in [0.3, 0.4) is 0 Å². The number of carbonyl (C=O) groups excluding carboxylic acids is 2. The van der Waals surface area contributed by atoms with Crippen LogP contribution >= 0.6 is 0 Å². The number of Topliss-reactive ketones (excluding diaryl/α,β-unsaturated/α-hetero) is 1. The van der Waals surface area contributed by atoms with Gasteiger partial charge in [0.1, 0.15) is 17.3 Å². The second-order valence-corrected chi connectivity index (χ2v) is 9.73. The highest BCUT2D eigenvalue weighted by Crippen LogP contribution is 2.43. The van der Waals surface area contributed by atoms with Gasteiger partial charge in [-0.3, -0.25) is 9.59 Å². The largest absolute Gasteiger partial charge is 0.507 e. The molecule has 38 heavy (non-hydrogen) atoms. The molecule has 1 aliphatic rings. The Balaban J connectivity index is 1.72. The Morgan fingerprint density at radius 1 is 0.974 bits per heavy atom. The van der Waals surface area contributed by atoms with Crippen LogP contribution in [-0.4, -0.2) is 28.8 Å². The smallest absolute Gasteiger partial charge is 0.295 e. The highest BCUT2D eigenvalue weighted by molar-refractivity contribution is 6.46. The lowest BCUT2D eigenvalue weighted by molar-refractivity contribution is -0.140. The molecule has 0 aliphatic carbocycles. The summed E-state index contributed by atoms with van der Waals surface area (Å²) in [5.74, 6) is -1.32. The second kappa shape index (κ2) is 10.1. The van der Waals surface area contributed by atoms with Crippen molar-refractivity contribution < 1.29 is 23.8 Å². The summed E-state index contributed by atoms with van der Waals surface area (Å²) in [5.41, 5.74) is 2.72. The van der Waals surface area contributed by atoms with Crippen LogP contribution in [0, 0.1) is 5.82 Å². The molecule has 0 bridgehead atoms. The van der Waals surface area contributed by atoms with E-state index in [-0.39, 0.29) is 29.6 Å². The fourth-order valence-corrected chi connectivity index (χ4v) is 5.13. The predicted octanol–water partition coefficient (Wildman–Crippen LogP) is 6.73. The molecule has 1 aliphatic heterocycles. The minimum absolute atomic E-state index is 0.0216. The van der Waals surface area contributed by atoms with Gasteiger partial charge in [0, 0.05) is 12.1 Å². The summed E-state index contributed by atoms with van der Waals surface area (Å²) in [7, 11) is 1.59. The molecule has 192 valence electrons. The minimum atomic E-state index is -0.837. The maximum Gasteiger partial charge on any atom is 0.295 e. The maximum atomic E-state index is 13.6. The lowest BCUT2D eigenvalue weighted by Crippen LogP contribution is -2.29. The Bertz CT molecular complexity index is 1570. The number of ether oxygens (including phenoxy) is 1. The van der Waals surface area contributed by atoms with Crippen LogP contribution in [0.15, 0.2) is 90.5 Å². The maximum absolute atomic E-state index is 13.6. The first-order valence-corrected chi connectivity index (χ1v) is 12.5. The summed E-state index contributed by atoms with van der Waals surface area (Å²) in [4.78, 5) is 28.5. The lowest BCUT2D eigenvalue weighted by atomic mass is 9.90. The molecular weight excluding hydrogens is 481 g/mol. The molecule has 4 aromatic carbocycles. The Morgan fingerprint density at radius 2 is 1.68 bits per heavy atom. The SMILES string of the molecule is COc1ccc(/C(O)=C2\C(=O)C(=O)N(Cc3ccc(F)cc3)C2c2cccc3ccccc23)cc1C(C)C. The van der Waals surface area contributed by atoms with Gasteiger partial charge in [0.15, 0.2) is 0 Å². The number of aliphatic hydroxyl groups excluding tert-OH is 1. The molecular formula is C32H28FNO4. The Labute approximate surface area is 220 Å². The number of benzene rings is 4. The first-order valence-electron chi connectivity index (χ1n) is 12.5. The number of likely N-dealkylation sites (tertiary alicyclic amines) is 1. The summed E-state index contributed by atoms with van der Waals surface area (Å²) in [6.45, 7) is 4.11. The zero-order valence-corrected chi connectivity index (χ0v) is 21.4. The standard InChI is InChI=1S/C32H28FNO4/c1-19(2)26-17-22(13-16-27(26)38-3)30(35)28-29(25-10-6-8-21-7-4-5-9-24(21)25)34(32(37)31(28)36)18-20-11-14-23(33)15-12-20/h4-17,19,29,35H,18H2,1-3H3/b30-28+. The highest BCUT2D eigenvalue weighted by atomic mass is 19.1. The van der Waals surface area contributed by atoms with Crippen molar-refractivity contribution in [3.05, 3.63) is 119 Å². The van der Waals surface area contributed by atoms with Crippen LogP contribution in [0.1, 0.15) is 48.1 Å². The number of fused-ring (bicyclic) bond motifs is 1. The minimum Gasteiger partial charge on any atom is -0.507 e. The molecule has 1 saturated heterocycles. The van der Waals surface area contributed by atoms with Gasteiger partial charge >= 0.3 is 0 Å². The van der Waals surface area contributed by atoms with Crippen molar-refractivity contribution >= 4 is 28.2 Å². The Morgan fingerprint density at radius 3 is 2.39 bits per heavy atom. The molecule has 0 spiro atoms. The first kappa shape index (κ1) is 25.2. The van der Waals surface area contributed by atoms with E-state index >= 15 is 0 Å². The third-order valence-electron chi connectivity index (χ3n) is 7.05. The zero-order chi connectivity index (χ0) is 27.0. The topological polar surface area (TPSA) is 66.8 Å². The average molecular weight is 510 g/mol. The van der Waals surface area contributed by atoms with Gasteiger partial charge in [-0.15, -0.1) is 0 Å². The first-order chi connectivity index (χ1) is 18.3. The number of ketones is 1. The van der Waals surface area contributed by atoms with E-state index in [0.29, 0.717) is 16.9 Å². The molecule has 1 heterocycles. The predicted molar refractivity (Wildman–Crippen MR) is 145 cm³/mol. The number of hydrogen-bond acceptors (Lipinski definition) is 4. The van der Waals surface area contributed by atoms with Gasteiger partial charge in [0.25, 0.3) is 11.7 Å². The molecule has 1 unspecified atom stereocenters. The average Bonchev–Trinajstić information content (AvgIpc) is 3.17. The number of carbonyl (C=O) groups is 2. The van der Waals surface area contributed by atoms with E-state index in [0.717, 1.165) is 21.9 Å². The molecule has 0 saturated carbocycles. The Hall–Kier alpha value is -4.45. The molecule has 1 N–H and O–H groups in total. The third-order valence-corrected chi connectivity index (χ3v) is 7.05. The van der Waals surface area contributed by atoms with Crippen LogP contribution in [0.2, 0.25) is 0 Å². The number of hydrogen-bond donors (Lipinski definition) is 1. The van der Waals surface area contributed by atoms with Gasteiger partial charge in [0.05, 0.1) is 18.7 Å². The normalized spacial score (nSPS) is 17.0. The molecule has 5 nitrogen and oxygen atoms in total. The van der Waals surface area contributed by atoms with E-state index in [2.05, 4.69) is 0 Å². The number of nitrogens with zero attached hydrogens (tertiary/aromatic N) is 1. The fraction of sp³-hybridized carbons (Fsp3) is 0.188. The van der Waals surface area contributed by atoms with Crippen molar-refractivity contribution in [3.8, 4) is 5.75 Å². The molecule has 4 aromatic rings. The van der Waals surface area contributed by atoms with E-state index in [1.807, 2.05) is 56.3 Å². The fourth-order valence-electron chi connectivity index (χ4n) is 5.13. The molecule has 0 aromatic heterocycles. The van der Waals surface area contributed by atoms with Gasteiger partial charge in [-0.25, -0.2) is 4.39 Å². The van der Waals surface area contributed by atoms with Crippen LogP contribution < -0.4 is 4.74 Å². The van der Waals surface area contributed by atoms with Crippen LogP contribution in [0.4, 0.5) is 4.39 Å². The number of methoxy groups -OCH3 is 1. The number of rotatable bonds is 6. The lowest BCUT2D eigenvalue weighted by Gasteiger charge is -2.26. The van der Waals surface area contributed by atoms with Crippen molar-refractivity contribution in [3.63, 3.8) is 0 Å². The number of aliphatic hydroxyl groups is 1. The summed E-state index contributed by atoms with van der Waals surface area (Å²) in [6, 6.07) is 23.7. The van der Waals surface area contributed by atoms with E-state index < -0.39 is 17.7 Å². The van der Waals surface area contributed by atoms with Gasteiger partial charge < -0.3 is 14.7 Å². The van der Waals surface area contributed by atoms with Gasteiger partial charge in [-0.1, -0.05) is 68.4 Å². The molecule has 1 amide bonds. The van der Waals surface area contributed by atoms with Crippen LogP contribution in [0.25, 0.3) is 16.5 Å². The van der Waals surface area contributed by atoms with Gasteiger partial charge in [0.2, 0.25) is 0 Å². The zero-order valence-electron chi connectivity index (χ0n) is 21.4. The summed E-state index contributed by atoms with van der Waals surface area (Å²) in [5, 5.41) is 13.4. The third kappa shape index (κ3) is 4.43. The molecule has 1 atom stereocenters. The highest BCUT2D eigenvalue weighted by Gasteiger charge is 2.46. The van der Waals surface area contributed by atoms with E-state index in [9.17, 15) is 19.1 Å². The van der Waals surface area contributed by atoms with Crippen molar-refractivity contribution in [2.75, 3.05) is 7.11 Å². The van der Waals surface area contributed by atoms with E-state index in [4.69, 9.17) is 4.74 Å². The van der Waals surface area contributed by atoms with Crippen LogP contribution in [-0.2, 0) is 16.1 Å². The van der Waals surface area contributed by atoms with Crippen molar-refractivity contribution in [1.82, 2.24) is 4.90 Å². The van der Waals surface area contributed by atoms with E-state index in [1.165, 1.54) is 17.0 Å². The molecule has 1 fully saturated rings. The molecule has 6 heteroatoms. The van der Waals surface area contributed by atoms with Crippen LogP contribution in [0.5, 0.6) is 5.75 Å². The summed E-state index contributed by atoms with van der Waals surface area (Å²) in [6.07, 6.45) is 0. The van der Waals surface area contributed by atoms with Crippen molar-refractivity contribution in [1.29, 1.82) is 0 Å². The monoisotopic (exact) mass is 509 g/mol. The van der Waals surface area contributed by atoms with E-state index in [1.54, 1.807) is 37.4 Å². The summed E-state index contributed by atoms with van der Waals surface area (Å²) >= 11 is 0. The second-order valence-electron chi connectivity index (χ2n) is 9.73.